The molecule has 0 aromatic carbocycles. The fourth-order valence-corrected chi connectivity index (χ4v) is 5.68. The van der Waals surface area contributed by atoms with E-state index in [4.69, 9.17) is 0 Å². The van der Waals surface area contributed by atoms with Gasteiger partial charge in [-0.15, -0.1) is 0 Å². The van der Waals surface area contributed by atoms with Crippen LogP contribution in [0.4, 0.5) is 0 Å². The van der Waals surface area contributed by atoms with Crippen molar-refractivity contribution in [2.75, 3.05) is 6.54 Å². The normalized spacial score (nSPS) is 28.4. The summed E-state index contributed by atoms with van der Waals surface area (Å²) >= 11 is 0. The first-order valence-corrected chi connectivity index (χ1v) is 11.4. The lowest BCUT2D eigenvalue weighted by atomic mass is 9.75. The van der Waals surface area contributed by atoms with Gasteiger partial charge < -0.3 is 15.3 Å². The Labute approximate surface area is 186 Å². The Morgan fingerprint density at radius 3 is 2.88 bits per heavy atom. The van der Waals surface area contributed by atoms with Gasteiger partial charge in [0.05, 0.1) is 11.7 Å². The zero-order chi connectivity index (χ0) is 22.6. The van der Waals surface area contributed by atoms with Crippen LogP contribution in [-0.4, -0.2) is 61.2 Å². The Morgan fingerprint density at radius 1 is 1.31 bits per heavy atom. The average molecular weight is 440 g/mol. The Bertz CT molecular complexity index is 1090. The van der Waals surface area contributed by atoms with Crippen LogP contribution in [0, 0.1) is 17.3 Å². The Hall–Kier alpha value is -2.97. The number of carbonyl (C=O) groups is 3. The number of pyridine rings is 1. The van der Waals surface area contributed by atoms with Crippen molar-refractivity contribution in [1.82, 2.24) is 25.0 Å². The number of nitrogens with zero attached hydrogens (tertiary/aromatic N) is 4. The molecule has 1 saturated heterocycles. The topological polar surface area (TPSA) is 117 Å². The maximum atomic E-state index is 13.2. The molecule has 0 spiro atoms. The summed E-state index contributed by atoms with van der Waals surface area (Å²) in [6.07, 6.45) is 8.20. The van der Waals surface area contributed by atoms with Crippen molar-refractivity contribution >= 4 is 28.7 Å². The fourth-order valence-electron chi connectivity index (χ4n) is 5.68. The van der Waals surface area contributed by atoms with Gasteiger partial charge in [-0.05, 0) is 49.0 Å². The standard InChI is InChI=1S/C23H29N5O4/c1-23(2)6-3-4-14(9-23)25-21(30)20-16-8-13(16)11-27(20)18(29)12-28-17-10-24-7-5-15(17)19(26-28)22(31)32/h5,7,10,13-14,16,20H,3-4,6,8-9,11-12H2,1-2H3,(H,25,30)(H,31,32)/t13-,14-,16-,20+/m1/s1. The molecule has 3 fully saturated rings. The van der Waals surface area contributed by atoms with Crippen LogP contribution >= 0.6 is 0 Å². The number of hydrogen-bond acceptors (Lipinski definition) is 5. The van der Waals surface area contributed by atoms with E-state index in [1.54, 1.807) is 11.0 Å². The average Bonchev–Trinajstić information content (AvgIpc) is 3.23. The van der Waals surface area contributed by atoms with E-state index >= 15 is 0 Å². The molecule has 2 aromatic heterocycles. The number of likely N-dealkylation sites (tertiary alicyclic amines) is 1. The summed E-state index contributed by atoms with van der Waals surface area (Å²) in [7, 11) is 0. The van der Waals surface area contributed by atoms with Gasteiger partial charge in [-0.3, -0.25) is 19.3 Å². The molecule has 0 radical (unpaired) electrons. The van der Waals surface area contributed by atoms with E-state index in [1.807, 2.05) is 0 Å². The highest BCUT2D eigenvalue weighted by Crippen LogP contribution is 2.50. The van der Waals surface area contributed by atoms with Gasteiger partial charge >= 0.3 is 5.97 Å². The number of carbonyl (C=O) groups excluding carboxylic acids is 2. The smallest absolute Gasteiger partial charge is 0.357 e. The first-order valence-electron chi connectivity index (χ1n) is 11.4. The molecule has 2 aromatic rings. The van der Waals surface area contributed by atoms with Crippen molar-refractivity contribution in [3.8, 4) is 0 Å². The minimum atomic E-state index is -1.15. The van der Waals surface area contributed by atoms with Gasteiger partial charge in [0.2, 0.25) is 11.8 Å². The van der Waals surface area contributed by atoms with E-state index in [-0.39, 0.29) is 41.4 Å². The minimum absolute atomic E-state index is 0.0516. The lowest BCUT2D eigenvalue weighted by Gasteiger charge is -2.37. The summed E-state index contributed by atoms with van der Waals surface area (Å²) in [6.45, 7) is 4.93. The highest BCUT2D eigenvalue weighted by Gasteiger charge is 2.57. The molecule has 1 aliphatic heterocycles. The zero-order valence-corrected chi connectivity index (χ0v) is 18.5. The van der Waals surface area contributed by atoms with E-state index in [9.17, 15) is 19.5 Å². The summed E-state index contributed by atoms with van der Waals surface area (Å²) < 4.78 is 1.39. The van der Waals surface area contributed by atoms with Crippen molar-refractivity contribution in [3.05, 3.63) is 24.2 Å². The number of hydrogen-bond donors (Lipinski definition) is 2. The van der Waals surface area contributed by atoms with E-state index in [1.165, 1.54) is 23.5 Å². The van der Waals surface area contributed by atoms with Crippen molar-refractivity contribution in [3.63, 3.8) is 0 Å². The third-order valence-corrected chi connectivity index (χ3v) is 7.33. The van der Waals surface area contributed by atoms with Gasteiger partial charge in [-0.1, -0.05) is 20.3 Å². The van der Waals surface area contributed by atoms with Gasteiger partial charge in [-0.2, -0.15) is 5.10 Å². The first kappa shape index (κ1) is 20.9. The molecule has 3 heterocycles. The predicted molar refractivity (Wildman–Crippen MR) is 116 cm³/mol. The van der Waals surface area contributed by atoms with Crippen LogP contribution < -0.4 is 5.32 Å². The highest BCUT2D eigenvalue weighted by molar-refractivity contribution is 6.01. The molecular weight excluding hydrogens is 410 g/mol. The fraction of sp³-hybridized carbons (Fsp3) is 0.609. The third kappa shape index (κ3) is 3.73. The minimum Gasteiger partial charge on any atom is -0.476 e. The van der Waals surface area contributed by atoms with Crippen LogP contribution in [0.2, 0.25) is 0 Å². The summed E-state index contributed by atoms with van der Waals surface area (Å²) in [5.74, 6) is -0.817. The van der Waals surface area contributed by atoms with E-state index in [2.05, 4.69) is 29.2 Å². The monoisotopic (exact) mass is 439 g/mol. The Kier molecular flexibility index (Phi) is 4.94. The summed E-state index contributed by atoms with van der Waals surface area (Å²) in [5.41, 5.74) is 0.613. The number of carboxylic acids is 1. The van der Waals surface area contributed by atoms with Crippen LogP contribution in [0.5, 0.6) is 0 Å². The largest absolute Gasteiger partial charge is 0.476 e. The van der Waals surface area contributed by atoms with Crippen LogP contribution in [0.15, 0.2) is 18.5 Å². The molecule has 170 valence electrons. The van der Waals surface area contributed by atoms with Gasteiger partial charge in [-0.25, -0.2) is 4.79 Å². The second-order valence-electron chi connectivity index (χ2n) is 10.3. The van der Waals surface area contributed by atoms with Crippen LogP contribution in [0.25, 0.3) is 10.9 Å². The molecular formula is C23H29N5O4. The maximum absolute atomic E-state index is 13.2. The van der Waals surface area contributed by atoms with Crippen LogP contribution in [-0.2, 0) is 16.1 Å². The molecule has 3 aliphatic rings. The van der Waals surface area contributed by atoms with E-state index < -0.39 is 12.0 Å². The lowest BCUT2D eigenvalue weighted by molar-refractivity contribution is -0.140. The number of aromatic carboxylic acids is 1. The number of rotatable bonds is 5. The number of fused-ring (bicyclic) bond motifs is 2. The summed E-state index contributed by atoms with van der Waals surface area (Å²) in [6, 6.07) is 1.29. The molecule has 2 aliphatic carbocycles. The second-order valence-corrected chi connectivity index (χ2v) is 10.3. The molecule has 0 bridgehead atoms. The van der Waals surface area contributed by atoms with Gasteiger partial charge in [0.25, 0.3) is 0 Å². The molecule has 0 unspecified atom stereocenters. The van der Waals surface area contributed by atoms with Gasteiger partial charge in [0.15, 0.2) is 5.69 Å². The Morgan fingerprint density at radius 2 is 2.12 bits per heavy atom. The van der Waals surface area contributed by atoms with Crippen molar-refractivity contribution < 1.29 is 19.5 Å². The number of carboxylic acid groups (broad SMARTS) is 1. The van der Waals surface area contributed by atoms with Crippen molar-refractivity contribution in [1.29, 1.82) is 0 Å². The van der Waals surface area contributed by atoms with Crippen LogP contribution in [0.1, 0.15) is 56.4 Å². The number of aromatic nitrogens is 3. The molecule has 2 saturated carbocycles. The van der Waals surface area contributed by atoms with Crippen molar-refractivity contribution in [2.24, 2.45) is 17.3 Å². The zero-order valence-electron chi connectivity index (χ0n) is 18.5. The second kappa shape index (κ2) is 7.56. The quantitative estimate of drug-likeness (QED) is 0.736. The molecule has 2 amide bonds. The highest BCUT2D eigenvalue weighted by atomic mass is 16.4. The molecule has 32 heavy (non-hydrogen) atoms. The van der Waals surface area contributed by atoms with E-state index in [0.717, 1.165) is 25.7 Å². The first-order chi connectivity index (χ1) is 15.2. The van der Waals surface area contributed by atoms with Gasteiger partial charge in [0, 0.05) is 24.2 Å². The SMILES string of the molecule is CC1(C)CCC[C@@H](NC(=O)[C@@H]2[C@@H]3C[C@@H]3CN2C(=O)Cn2nc(C(=O)O)c3ccncc32)C1. The Balaban J connectivity index is 1.32. The number of amides is 2. The number of nitrogens with one attached hydrogen (secondary N) is 1. The molecule has 5 rings (SSSR count). The van der Waals surface area contributed by atoms with Crippen LogP contribution in [0.3, 0.4) is 0 Å². The molecule has 9 nitrogen and oxygen atoms in total. The predicted octanol–water partition coefficient (Wildman–Crippen LogP) is 2.06. The van der Waals surface area contributed by atoms with Gasteiger partial charge in [0.1, 0.15) is 12.6 Å². The lowest BCUT2D eigenvalue weighted by Crippen LogP contribution is -2.52. The molecule has 2 N–H and O–H groups in total. The molecule has 4 atom stereocenters. The molecule has 9 heteroatoms. The van der Waals surface area contributed by atoms with Crippen molar-refractivity contribution in [2.45, 2.75) is 64.6 Å². The summed E-state index contributed by atoms with van der Waals surface area (Å²) in [4.78, 5) is 43.7. The summed E-state index contributed by atoms with van der Waals surface area (Å²) in [5, 5.41) is 17.3. The maximum Gasteiger partial charge on any atom is 0.357 e. The van der Waals surface area contributed by atoms with E-state index in [0.29, 0.717) is 23.4 Å². The number of piperidine rings is 1. The third-order valence-electron chi connectivity index (χ3n) is 7.33.